The molecule has 2 rings (SSSR count). The molecule has 0 radical (unpaired) electrons. The second-order valence-corrected chi connectivity index (χ2v) is 5.32. The minimum absolute atomic E-state index is 0.126. The molecule has 0 bridgehead atoms. The third-order valence-corrected chi connectivity index (χ3v) is 3.69. The van der Waals surface area contributed by atoms with Gasteiger partial charge >= 0.3 is 0 Å². The molecule has 1 aliphatic rings. The number of carbonyl (C=O) groups excluding carboxylic acids is 1. The maximum Gasteiger partial charge on any atom is 0.266 e. The van der Waals surface area contributed by atoms with Gasteiger partial charge in [0.1, 0.15) is 0 Å². The lowest BCUT2D eigenvalue weighted by atomic mass is 10.2. The van der Waals surface area contributed by atoms with Gasteiger partial charge in [-0.2, -0.15) is 0 Å². The molecule has 98 valence electrons. The van der Waals surface area contributed by atoms with Crippen molar-refractivity contribution >= 4 is 27.5 Å². The Morgan fingerprint density at radius 3 is 2.67 bits per heavy atom. The number of carbonyl (C=O) groups is 1. The van der Waals surface area contributed by atoms with Crippen LogP contribution >= 0.6 is 15.9 Å². The first kappa shape index (κ1) is 13.3. The van der Waals surface area contributed by atoms with Crippen LogP contribution in [0.2, 0.25) is 0 Å². The first-order valence-corrected chi connectivity index (χ1v) is 6.65. The standard InChI is InChI=1S/C12H17BrN4O/c1-16-4-6-17(7-5-16)15-12(18)10-8-9(14)2-3-11(10)13/h2-3,8H,4-7,14H2,1H3,(H,15,18). The maximum atomic E-state index is 12.1. The van der Waals surface area contributed by atoms with Gasteiger partial charge in [-0.25, -0.2) is 5.01 Å². The van der Waals surface area contributed by atoms with E-state index < -0.39 is 0 Å². The maximum absolute atomic E-state index is 12.1. The molecule has 3 N–H and O–H groups in total. The molecule has 0 spiro atoms. The van der Waals surface area contributed by atoms with Crippen LogP contribution in [0, 0.1) is 0 Å². The fraction of sp³-hybridized carbons (Fsp3) is 0.417. The molecule has 6 heteroatoms. The van der Waals surface area contributed by atoms with Crippen molar-refractivity contribution in [2.45, 2.75) is 0 Å². The van der Waals surface area contributed by atoms with E-state index in [1.54, 1.807) is 18.2 Å². The fourth-order valence-electron chi connectivity index (χ4n) is 1.84. The molecule has 0 aliphatic carbocycles. The van der Waals surface area contributed by atoms with Crippen molar-refractivity contribution in [2.75, 3.05) is 39.0 Å². The van der Waals surface area contributed by atoms with Crippen molar-refractivity contribution < 1.29 is 4.79 Å². The SMILES string of the molecule is CN1CCN(NC(=O)c2cc(N)ccc2Br)CC1. The molecule has 1 heterocycles. The van der Waals surface area contributed by atoms with E-state index in [1.807, 2.05) is 5.01 Å². The van der Waals surface area contributed by atoms with Crippen LogP contribution < -0.4 is 11.2 Å². The Balaban J connectivity index is 2.01. The number of hydrazine groups is 1. The van der Waals surface area contributed by atoms with Gasteiger partial charge in [0.05, 0.1) is 5.56 Å². The molecule has 1 aromatic carbocycles. The minimum atomic E-state index is -0.126. The van der Waals surface area contributed by atoms with Gasteiger partial charge in [0.15, 0.2) is 0 Å². The zero-order valence-electron chi connectivity index (χ0n) is 10.3. The molecule has 0 aromatic heterocycles. The average Bonchev–Trinajstić information content (AvgIpc) is 2.35. The molecular formula is C12H17BrN4O. The van der Waals surface area contributed by atoms with Gasteiger partial charge in [0.25, 0.3) is 5.91 Å². The molecule has 1 aromatic rings. The predicted octanol–water partition coefficient (Wildman–Crippen LogP) is 0.923. The molecular weight excluding hydrogens is 296 g/mol. The van der Waals surface area contributed by atoms with Gasteiger partial charge < -0.3 is 10.6 Å². The quantitative estimate of drug-likeness (QED) is 0.797. The Morgan fingerprint density at radius 2 is 2.00 bits per heavy atom. The molecule has 1 fully saturated rings. The number of hydrogen-bond acceptors (Lipinski definition) is 4. The van der Waals surface area contributed by atoms with E-state index in [4.69, 9.17) is 5.73 Å². The van der Waals surface area contributed by atoms with Crippen LogP contribution in [-0.2, 0) is 0 Å². The van der Waals surface area contributed by atoms with Crippen molar-refractivity contribution in [1.82, 2.24) is 15.3 Å². The van der Waals surface area contributed by atoms with Gasteiger partial charge in [-0.3, -0.25) is 10.2 Å². The average molecular weight is 313 g/mol. The highest BCUT2D eigenvalue weighted by molar-refractivity contribution is 9.10. The van der Waals surface area contributed by atoms with Crippen LogP contribution in [0.5, 0.6) is 0 Å². The monoisotopic (exact) mass is 312 g/mol. The summed E-state index contributed by atoms with van der Waals surface area (Å²) >= 11 is 3.36. The Bertz CT molecular complexity index is 444. The summed E-state index contributed by atoms with van der Waals surface area (Å²) in [4.78, 5) is 14.4. The lowest BCUT2D eigenvalue weighted by Crippen LogP contribution is -2.52. The van der Waals surface area contributed by atoms with Gasteiger partial charge in [0.2, 0.25) is 0 Å². The third kappa shape index (κ3) is 3.22. The molecule has 1 aliphatic heterocycles. The van der Waals surface area contributed by atoms with Gasteiger partial charge in [-0.15, -0.1) is 0 Å². The van der Waals surface area contributed by atoms with E-state index in [-0.39, 0.29) is 5.91 Å². The molecule has 5 nitrogen and oxygen atoms in total. The summed E-state index contributed by atoms with van der Waals surface area (Å²) in [6.45, 7) is 3.58. The Hall–Kier alpha value is -1.11. The predicted molar refractivity (Wildman–Crippen MR) is 75.1 cm³/mol. The zero-order chi connectivity index (χ0) is 13.1. The lowest BCUT2D eigenvalue weighted by molar-refractivity contribution is 0.0662. The number of nitrogens with one attached hydrogen (secondary N) is 1. The summed E-state index contributed by atoms with van der Waals surface area (Å²) in [5, 5.41) is 1.94. The number of anilines is 1. The second kappa shape index (κ2) is 5.69. The number of nitrogens with zero attached hydrogens (tertiary/aromatic N) is 2. The normalized spacial score (nSPS) is 17.7. The van der Waals surface area contributed by atoms with E-state index in [0.717, 1.165) is 30.7 Å². The van der Waals surface area contributed by atoms with E-state index in [0.29, 0.717) is 11.3 Å². The Labute approximate surface area is 115 Å². The van der Waals surface area contributed by atoms with Crippen LogP contribution in [0.15, 0.2) is 22.7 Å². The summed E-state index contributed by atoms with van der Waals surface area (Å²) in [5.41, 5.74) is 9.75. The number of piperazine rings is 1. The van der Waals surface area contributed by atoms with Crippen LogP contribution in [0.3, 0.4) is 0 Å². The molecule has 0 unspecified atom stereocenters. The van der Waals surface area contributed by atoms with Crippen molar-refractivity contribution in [3.8, 4) is 0 Å². The van der Waals surface area contributed by atoms with Crippen LogP contribution in [0.4, 0.5) is 5.69 Å². The van der Waals surface area contributed by atoms with Crippen LogP contribution in [-0.4, -0.2) is 49.0 Å². The third-order valence-electron chi connectivity index (χ3n) is 3.00. The summed E-state index contributed by atoms with van der Waals surface area (Å²) in [6.07, 6.45) is 0. The number of nitrogen functional groups attached to an aromatic ring is 1. The van der Waals surface area contributed by atoms with Crippen molar-refractivity contribution in [2.24, 2.45) is 0 Å². The highest BCUT2D eigenvalue weighted by Gasteiger charge is 2.17. The molecule has 18 heavy (non-hydrogen) atoms. The number of amides is 1. The van der Waals surface area contributed by atoms with Gasteiger partial charge in [-0.1, -0.05) is 0 Å². The topological polar surface area (TPSA) is 61.6 Å². The Morgan fingerprint density at radius 1 is 1.33 bits per heavy atom. The van der Waals surface area contributed by atoms with E-state index in [9.17, 15) is 4.79 Å². The summed E-state index contributed by atoms with van der Waals surface area (Å²) in [7, 11) is 2.08. The smallest absolute Gasteiger partial charge is 0.266 e. The second-order valence-electron chi connectivity index (χ2n) is 4.47. The van der Waals surface area contributed by atoms with Crippen molar-refractivity contribution in [3.05, 3.63) is 28.2 Å². The zero-order valence-corrected chi connectivity index (χ0v) is 11.9. The van der Waals surface area contributed by atoms with E-state index in [1.165, 1.54) is 0 Å². The molecule has 1 saturated heterocycles. The fourth-order valence-corrected chi connectivity index (χ4v) is 2.27. The molecule has 1 amide bonds. The summed E-state index contributed by atoms with van der Waals surface area (Å²) in [5.74, 6) is -0.126. The highest BCUT2D eigenvalue weighted by Crippen LogP contribution is 2.19. The number of nitrogens with two attached hydrogens (primary N) is 1. The summed E-state index contributed by atoms with van der Waals surface area (Å²) < 4.78 is 0.753. The van der Waals surface area contributed by atoms with Crippen LogP contribution in [0.1, 0.15) is 10.4 Å². The van der Waals surface area contributed by atoms with E-state index >= 15 is 0 Å². The van der Waals surface area contributed by atoms with E-state index in [2.05, 4.69) is 33.3 Å². The number of halogens is 1. The first-order valence-electron chi connectivity index (χ1n) is 5.86. The number of likely N-dealkylation sites (N-methyl/N-ethyl adjacent to an activating group) is 1. The first-order chi connectivity index (χ1) is 8.56. The number of hydrogen-bond donors (Lipinski definition) is 2. The van der Waals surface area contributed by atoms with Gasteiger partial charge in [-0.05, 0) is 41.2 Å². The lowest BCUT2D eigenvalue weighted by Gasteiger charge is -2.32. The summed E-state index contributed by atoms with van der Waals surface area (Å²) in [6, 6.07) is 5.22. The minimum Gasteiger partial charge on any atom is -0.399 e. The Kier molecular flexibility index (Phi) is 4.21. The molecule has 0 saturated carbocycles. The highest BCUT2D eigenvalue weighted by atomic mass is 79.9. The number of benzene rings is 1. The number of rotatable bonds is 2. The van der Waals surface area contributed by atoms with Crippen molar-refractivity contribution in [1.29, 1.82) is 0 Å². The largest absolute Gasteiger partial charge is 0.399 e. The van der Waals surface area contributed by atoms with Crippen LogP contribution in [0.25, 0.3) is 0 Å². The van der Waals surface area contributed by atoms with Gasteiger partial charge in [0, 0.05) is 36.3 Å². The molecule has 0 atom stereocenters. The van der Waals surface area contributed by atoms with Crippen molar-refractivity contribution in [3.63, 3.8) is 0 Å².